The lowest BCUT2D eigenvalue weighted by molar-refractivity contribution is 0.294. The molecule has 1 aromatic rings. The Hall–Kier alpha value is -0.0500. The molecule has 0 radical (unpaired) electrons. The number of hydrogen-bond donors (Lipinski definition) is 1. The summed E-state index contributed by atoms with van der Waals surface area (Å²) in [5, 5.41) is 3.71. The van der Waals surface area contributed by atoms with Crippen LogP contribution in [0.4, 0.5) is 0 Å². The van der Waals surface area contributed by atoms with Crippen LogP contribution in [0.3, 0.4) is 0 Å². The summed E-state index contributed by atoms with van der Waals surface area (Å²) in [5.41, 5.74) is 1.23. The average molecular weight is 300 g/mol. The zero-order valence-corrected chi connectivity index (χ0v) is 13.7. The molecule has 1 N–H and O–H groups in total. The van der Waals surface area contributed by atoms with Crippen LogP contribution in [0.15, 0.2) is 6.07 Å². The predicted molar refractivity (Wildman–Crippen MR) is 86.3 cm³/mol. The van der Waals surface area contributed by atoms with E-state index in [1.54, 1.807) is 11.3 Å². The molecule has 0 aromatic carbocycles. The SMILES string of the molecule is CCNC(c1cc(C)c(Cl)s1)C1CCCCCCC1. The Balaban J connectivity index is 2.12. The first-order valence-corrected chi connectivity index (χ1v) is 8.91. The maximum Gasteiger partial charge on any atom is 0.0960 e. The van der Waals surface area contributed by atoms with Crippen molar-refractivity contribution in [2.75, 3.05) is 6.54 Å². The molecule has 0 spiro atoms. The van der Waals surface area contributed by atoms with Crippen molar-refractivity contribution in [2.24, 2.45) is 5.92 Å². The van der Waals surface area contributed by atoms with E-state index >= 15 is 0 Å². The molecule has 0 saturated heterocycles. The minimum absolute atomic E-state index is 0.513. The van der Waals surface area contributed by atoms with Crippen molar-refractivity contribution < 1.29 is 0 Å². The molecule has 0 aliphatic heterocycles. The second-order valence-corrected chi connectivity index (χ2v) is 7.43. The normalized spacial score (nSPS) is 19.9. The van der Waals surface area contributed by atoms with Gasteiger partial charge in [-0.15, -0.1) is 11.3 Å². The number of thiophene rings is 1. The van der Waals surface area contributed by atoms with E-state index in [1.165, 1.54) is 55.4 Å². The van der Waals surface area contributed by atoms with Crippen molar-refractivity contribution in [3.63, 3.8) is 0 Å². The zero-order chi connectivity index (χ0) is 13.7. The molecule has 0 bridgehead atoms. The number of nitrogens with one attached hydrogen (secondary N) is 1. The number of rotatable bonds is 4. The monoisotopic (exact) mass is 299 g/mol. The van der Waals surface area contributed by atoms with E-state index in [2.05, 4.69) is 25.2 Å². The summed E-state index contributed by atoms with van der Waals surface area (Å²) in [5.74, 6) is 0.786. The molecule has 1 aliphatic carbocycles. The zero-order valence-electron chi connectivity index (χ0n) is 12.2. The summed E-state index contributed by atoms with van der Waals surface area (Å²) >= 11 is 8.03. The molecule has 1 unspecified atom stereocenters. The molecule has 1 atom stereocenters. The quantitative estimate of drug-likeness (QED) is 0.749. The fraction of sp³-hybridized carbons (Fsp3) is 0.750. The average Bonchev–Trinajstić information content (AvgIpc) is 2.67. The Morgan fingerprint density at radius 3 is 2.42 bits per heavy atom. The van der Waals surface area contributed by atoms with Crippen molar-refractivity contribution in [3.05, 3.63) is 20.8 Å². The van der Waals surface area contributed by atoms with Gasteiger partial charge in [0.2, 0.25) is 0 Å². The van der Waals surface area contributed by atoms with Gasteiger partial charge in [-0.1, -0.05) is 50.6 Å². The minimum Gasteiger partial charge on any atom is -0.309 e. The molecular formula is C16H26ClNS. The van der Waals surface area contributed by atoms with E-state index < -0.39 is 0 Å². The summed E-state index contributed by atoms with van der Waals surface area (Å²) in [7, 11) is 0. The van der Waals surface area contributed by atoms with Gasteiger partial charge in [-0.3, -0.25) is 0 Å². The van der Waals surface area contributed by atoms with Gasteiger partial charge in [0.05, 0.1) is 4.34 Å². The smallest absolute Gasteiger partial charge is 0.0960 e. The predicted octanol–water partition coefficient (Wildman–Crippen LogP) is 5.72. The highest BCUT2D eigenvalue weighted by molar-refractivity contribution is 7.16. The summed E-state index contributed by atoms with van der Waals surface area (Å²) in [6.07, 6.45) is 9.79. The second kappa shape index (κ2) is 7.66. The van der Waals surface area contributed by atoms with Gasteiger partial charge in [0.25, 0.3) is 0 Å². The highest BCUT2D eigenvalue weighted by Crippen LogP contribution is 2.38. The summed E-state index contributed by atoms with van der Waals surface area (Å²) in [6.45, 7) is 5.36. The summed E-state index contributed by atoms with van der Waals surface area (Å²) in [6, 6.07) is 2.80. The summed E-state index contributed by atoms with van der Waals surface area (Å²) in [4.78, 5) is 1.44. The second-order valence-electron chi connectivity index (χ2n) is 5.75. The highest BCUT2D eigenvalue weighted by Gasteiger charge is 2.24. The van der Waals surface area contributed by atoms with Gasteiger partial charge in [-0.25, -0.2) is 0 Å². The standard InChI is InChI=1S/C16H26ClNS/c1-3-18-15(14-11-12(2)16(17)19-14)13-9-7-5-4-6-8-10-13/h11,13,15,18H,3-10H2,1-2H3. The third-order valence-corrected chi connectivity index (χ3v) is 5.87. The Bertz CT molecular complexity index is 361. The van der Waals surface area contributed by atoms with Crippen molar-refractivity contribution in [3.8, 4) is 0 Å². The van der Waals surface area contributed by atoms with Gasteiger partial charge in [-0.2, -0.15) is 0 Å². The van der Waals surface area contributed by atoms with Crippen LogP contribution in [0.5, 0.6) is 0 Å². The number of halogens is 1. The van der Waals surface area contributed by atoms with Crippen LogP contribution in [0.2, 0.25) is 4.34 Å². The van der Waals surface area contributed by atoms with Crippen LogP contribution < -0.4 is 5.32 Å². The fourth-order valence-corrected chi connectivity index (χ4v) is 4.56. The van der Waals surface area contributed by atoms with Crippen LogP contribution in [0.1, 0.15) is 68.4 Å². The maximum atomic E-state index is 6.26. The van der Waals surface area contributed by atoms with Gasteiger partial charge in [0.1, 0.15) is 0 Å². The van der Waals surface area contributed by atoms with Gasteiger partial charge in [0, 0.05) is 10.9 Å². The molecule has 3 heteroatoms. The van der Waals surface area contributed by atoms with Crippen LogP contribution >= 0.6 is 22.9 Å². The third kappa shape index (κ3) is 4.21. The maximum absolute atomic E-state index is 6.26. The van der Waals surface area contributed by atoms with Crippen LogP contribution in [0.25, 0.3) is 0 Å². The third-order valence-electron chi connectivity index (χ3n) is 4.23. The molecule has 0 amide bonds. The molecular weight excluding hydrogens is 274 g/mol. The van der Waals surface area contributed by atoms with E-state index in [-0.39, 0.29) is 0 Å². The molecule has 1 aliphatic rings. The molecule has 1 nitrogen and oxygen atoms in total. The van der Waals surface area contributed by atoms with E-state index in [1.807, 2.05) is 0 Å². The lowest BCUT2D eigenvalue weighted by Gasteiger charge is -2.28. The first kappa shape index (κ1) is 15.3. The van der Waals surface area contributed by atoms with Crippen LogP contribution in [-0.2, 0) is 0 Å². The molecule has 1 fully saturated rings. The Labute approximate surface area is 126 Å². The van der Waals surface area contributed by atoms with Crippen molar-refractivity contribution in [1.82, 2.24) is 5.32 Å². The van der Waals surface area contributed by atoms with Crippen LogP contribution in [0, 0.1) is 12.8 Å². The molecule has 19 heavy (non-hydrogen) atoms. The van der Waals surface area contributed by atoms with Crippen molar-refractivity contribution in [1.29, 1.82) is 0 Å². The van der Waals surface area contributed by atoms with Gasteiger partial charge < -0.3 is 5.32 Å². The van der Waals surface area contributed by atoms with Gasteiger partial charge in [0.15, 0.2) is 0 Å². The summed E-state index contributed by atoms with van der Waals surface area (Å²) < 4.78 is 0.962. The first-order valence-electron chi connectivity index (χ1n) is 7.71. The number of aryl methyl sites for hydroxylation is 1. The van der Waals surface area contributed by atoms with Crippen molar-refractivity contribution in [2.45, 2.75) is 64.8 Å². The first-order chi connectivity index (χ1) is 9.22. The lowest BCUT2D eigenvalue weighted by atomic mass is 9.85. The molecule has 2 rings (SSSR count). The molecule has 1 heterocycles. The molecule has 1 aromatic heterocycles. The van der Waals surface area contributed by atoms with E-state index in [0.717, 1.165) is 16.8 Å². The topological polar surface area (TPSA) is 12.0 Å². The Morgan fingerprint density at radius 2 is 1.89 bits per heavy atom. The van der Waals surface area contributed by atoms with E-state index in [4.69, 9.17) is 11.6 Å². The minimum atomic E-state index is 0.513. The molecule has 1 saturated carbocycles. The van der Waals surface area contributed by atoms with E-state index in [0.29, 0.717) is 6.04 Å². The largest absolute Gasteiger partial charge is 0.309 e. The molecule has 108 valence electrons. The lowest BCUT2D eigenvalue weighted by Crippen LogP contribution is -2.28. The highest BCUT2D eigenvalue weighted by atomic mass is 35.5. The fourth-order valence-electron chi connectivity index (χ4n) is 3.18. The van der Waals surface area contributed by atoms with E-state index in [9.17, 15) is 0 Å². The van der Waals surface area contributed by atoms with Gasteiger partial charge >= 0.3 is 0 Å². The van der Waals surface area contributed by atoms with Crippen molar-refractivity contribution >= 4 is 22.9 Å². The van der Waals surface area contributed by atoms with Crippen LogP contribution in [-0.4, -0.2) is 6.54 Å². The van der Waals surface area contributed by atoms with Gasteiger partial charge in [-0.05, 0) is 43.9 Å². The Morgan fingerprint density at radius 1 is 1.26 bits per heavy atom. The Kier molecular flexibility index (Phi) is 6.18. The number of hydrogen-bond acceptors (Lipinski definition) is 2.